The highest BCUT2D eigenvalue weighted by Gasteiger charge is 2.25. The highest BCUT2D eigenvalue weighted by molar-refractivity contribution is 7.08. The lowest BCUT2D eigenvalue weighted by molar-refractivity contribution is 0.415. The number of fused-ring (bicyclic) bond motifs is 1. The normalized spacial score (nSPS) is 17.3. The van der Waals surface area contributed by atoms with Crippen molar-refractivity contribution in [3.05, 3.63) is 75.3 Å². The number of anilines is 1. The molecular weight excluding hydrogens is 466 g/mol. The largest absolute Gasteiger partial charge is 0.341 e. The van der Waals surface area contributed by atoms with Gasteiger partial charge in [-0.15, -0.1) is 0 Å². The molecule has 0 unspecified atom stereocenters. The van der Waals surface area contributed by atoms with Gasteiger partial charge in [0.2, 0.25) is 5.95 Å². The summed E-state index contributed by atoms with van der Waals surface area (Å²) in [6.45, 7) is 2.85. The van der Waals surface area contributed by atoms with E-state index in [1.807, 2.05) is 10.8 Å². The lowest BCUT2D eigenvalue weighted by Crippen LogP contribution is -2.43. The molecule has 1 aliphatic heterocycles. The van der Waals surface area contributed by atoms with E-state index in [9.17, 15) is 4.79 Å². The van der Waals surface area contributed by atoms with Crippen LogP contribution in [0.25, 0.3) is 22.2 Å². The zero-order chi connectivity index (χ0) is 24.3. The SMILES string of the molecule is O=c1cc(-c2ccsc2)c2cnc(N3CCC(NCCc4ccccc4)CC3)nc2n1C1CCCC1. The topological polar surface area (TPSA) is 63.1 Å². The lowest BCUT2D eigenvalue weighted by atomic mass is 10.0. The first-order valence-electron chi connectivity index (χ1n) is 13.2. The minimum atomic E-state index is 0.0570. The van der Waals surface area contributed by atoms with E-state index in [0.29, 0.717) is 6.04 Å². The van der Waals surface area contributed by atoms with Gasteiger partial charge in [-0.25, -0.2) is 4.98 Å². The summed E-state index contributed by atoms with van der Waals surface area (Å²) in [6, 6.07) is 15.3. The van der Waals surface area contributed by atoms with Crippen LogP contribution in [-0.4, -0.2) is 40.2 Å². The molecule has 3 aromatic heterocycles. The molecule has 4 aromatic rings. The Morgan fingerprint density at radius 3 is 2.58 bits per heavy atom. The third-order valence-electron chi connectivity index (χ3n) is 7.77. The summed E-state index contributed by atoms with van der Waals surface area (Å²) in [5.74, 6) is 0.749. The molecule has 0 spiro atoms. The number of aromatic nitrogens is 3. The van der Waals surface area contributed by atoms with Gasteiger partial charge in [0, 0.05) is 48.4 Å². The maximum Gasteiger partial charge on any atom is 0.253 e. The predicted octanol–water partition coefficient (Wildman–Crippen LogP) is 5.44. The summed E-state index contributed by atoms with van der Waals surface area (Å²) in [4.78, 5) is 25.5. The molecule has 1 aliphatic carbocycles. The van der Waals surface area contributed by atoms with Gasteiger partial charge >= 0.3 is 0 Å². The Morgan fingerprint density at radius 1 is 1.03 bits per heavy atom. The fraction of sp³-hybridized carbons (Fsp3) is 0.414. The molecule has 1 saturated carbocycles. The molecule has 186 valence electrons. The molecule has 0 radical (unpaired) electrons. The van der Waals surface area contributed by atoms with E-state index in [-0.39, 0.29) is 11.6 Å². The van der Waals surface area contributed by atoms with E-state index < -0.39 is 0 Å². The third-order valence-corrected chi connectivity index (χ3v) is 8.45. The second-order valence-corrected chi connectivity index (χ2v) is 10.9. The first-order chi connectivity index (χ1) is 17.8. The number of hydrogen-bond acceptors (Lipinski definition) is 6. The molecule has 2 aliphatic rings. The molecule has 0 amide bonds. The van der Waals surface area contributed by atoms with Crippen molar-refractivity contribution in [2.45, 2.75) is 57.0 Å². The van der Waals surface area contributed by atoms with Gasteiger partial charge in [-0.05, 0) is 66.6 Å². The maximum absolute atomic E-state index is 13.4. The van der Waals surface area contributed by atoms with Crippen LogP contribution in [0.5, 0.6) is 0 Å². The first-order valence-corrected chi connectivity index (χ1v) is 14.2. The molecule has 1 aromatic carbocycles. The highest BCUT2D eigenvalue weighted by Crippen LogP contribution is 2.34. The van der Waals surface area contributed by atoms with Crippen LogP contribution >= 0.6 is 11.3 Å². The zero-order valence-electron chi connectivity index (χ0n) is 20.6. The Hall–Kier alpha value is -3.03. The first kappa shape index (κ1) is 23.4. The van der Waals surface area contributed by atoms with Crippen molar-refractivity contribution in [3.8, 4) is 11.1 Å². The van der Waals surface area contributed by atoms with Crippen molar-refractivity contribution in [3.63, 3.8) is 0 Å². The smallest absolute Gasteiger partial charge is 0.253 e. The van der Waals surface area contributed by atoms with Gasteiger partial charge in [0.15, 0.2) is 0 Å². The number of nitrogens with one attached hydrogen (secondary N) is 1. The molecule has 4 heterocycles. The fourth-order valence-electron chi connectivity index (χ4n) is 5.79. The Bertz CT molecular complexity index is 1350. The Kier molecular flexibility index (Phi) is 6.84. The number of thiophene rings is 1. The summed E-state index contributed by atoms with van der Waals surface area (Å²) in [5.41, 5.74) is 4.24. The molecule has 2 fully saturated rings. The fourth-order valence-corrected chi connectivity index (χ4v) is 6.44. The quantitative estimate of drug-likeness (QED) is 0.367. The van der Waals surface area contributed by atoms with Crippen LogP contribution in [0, 0.1) is 0 Å². The van der Waals surface area contributed by atoms with Crippen molar-refractivity contribution < 1.29 is 0 Å². The minimum absolute atomic E-state index is 0.0570. The third kappa shape index (κ3) is 4.82. The second-order valence-electron chi connectivity index (χ2n) is 10.1. The molecule has 1 saturated heterocycles. The summed E-state index contributed by atoms with van der Waals surface area (Å²) in [5, 5.41) is 8.86. The average molecular weight is 500 g/mol. The monoisotopic (exact) mass is 499 g/mol. The van der Waals surface area contributed by atoms with Crippen LogP contribution in [0.4, 0.5) is 5.95 Å². The van der Waals surface area contributed by atoms with Crippen LogP contribution in [0.1, 0.15) is 50.1 Å². The van der Waals surface area contributed by atoms with Crippen LogP contribution in [-0.2, 0) is 6.42 Å². The Labute approximate surface area is 216 Å². The van der Waals surface area contributed by atoms with Gasteiger partial charge in [-0.3, -0.25) is 9.36 Å². The Morgan fingerprint density at radius 2 is 1.83 bits per heavy atom. The van der Waals surface area contributed by atoms with Crippen LogP contribution < -0.4 is 15.8 Å². The zero-order valence-corrected chi connectivity index (χ0v) is 21.4. The van der Waals surface area contributed by atoms with E-state index in [4.69, 9.17) is 9.97 Å². The van der Waals surface area contributed by atoms with E-state index in [0.717, 1.165) is 79.8 Å². The lowest BCUT2D eigenvalue weighted by Gasteiger charge is -2.32. The molecule has 6 rings (SSSR count). The predicted molar refractivity (Wildman–Crippen MR) is 148 cm³/mol. The number of hydrogen-bond donors (Lipinski definition) is 1. The number of pyridine rings is 1. The summed E-state index contributed by atoms with van der Waals surface area (Å²) in [6.07, 6.45) is 9.58. The van der Waals surface area contributed by atoms with Crippen molar-refractivity contribution in [2.24, 2.45) is 0 Å². The van der Waals surface area contributed by atoms with Gasteiger partial charge in [-0.1, -0.05) is 43.2 Å². The van der Waals surface area contributed by atoms with Crippen molar-refractivity contribution >= 4 is 28.3 Å². The number of rotatable bonds is 7. The van der Waals surface area contributed by atoms with Gasteiger partial charge in [0.05, 0.1) is 0 Å². The molecule has 1 N–H and O–H groups in total. The van der Waals surface area contributed by atoms with Crippen LogP contribution in [0.15, 0.2) is 64.2 Å². The second kappa shape index (κ2) is 10.5. The molecule has 7 heteroatoms. The van der Waals surface area contributed by atoms with Gasteiger partial charge in [0.1, 0.15) is 5.65 Å². The van der Waals surface area contributed by atoms with E-state index >= 15 is 0 Å². The van der Waals surface area contributed by atoms with Crippen molar-refractivity contribution in [1.82, 2.24) is 19.9 Å². The van der Waals surface area contributed by atoms with Crippen LogP contribution in [0.3, 0.4) is 0 Å². The average Bonchev–Trinajstić information content (AvgIpc) is 3.64. The molecule has 6 nitrogen and oxygen atoms in total. The summed E-state index contributed by atoms with van der Waals surface area (Å²) in [7, 11) is 0. The minimum Gasteiger partial charge on any atom is -0.341 e. The van der Waals surface area contributed by atoms with E-state index in [2.05, 4.69) is 57.4 Å². The van der Waals surface area contributed by atoms with Crippen LogP contribution in [0.2, 0.25) is 0 Å². The highest BCUT2D eigenvalue weighted by atomic mass is 32.1. The van der Waals surface area contributed by atoms with Gasteiger partial charge in [0.25, 0.3) is 5.56 Å². The number of nitrogens with zero attached hydrogens (tertiary/aromatic N) is 4. The Balaban J connectivity index is 1.22. The van der Waals surface area contributed by atoms with Crippen molar-refractivity contribution in [2.75, 3.05) is 24.5 Å². The number of piperidine rings is 1. The standard InChI is InChI=1S/C29H33N5OS/c35-27-18-25(22-13-17-36-20-22)26-19-31-29(32-28(26)34(27)24-8-4-5-9-24)33-15-11-23(12-16-33)30-14-10-21-6-2-1-3-7-21/h1-3,6-7,13,17-20,23-24,30H,4-5,8-12,14-16H2. The molecular formula is C29H33N5OS. The summed E-state index contributed by atoms with van der Waals surface area (Å²) >= 11 is 1.64. The van der Waals surface area contributed by atoms with Gasteiger partial charge < -0.3 is 10.2 Å². The molecule has 0 bridgehead atoms. The number of benzene rings is 1. The molecule has 36 heavy (non-hydrogen) atoms. The van der Waals surface area contributed by atoms with E-state index in [1.54, 1.807) is 17.4 Å². The molecule has 0 atom stereocenters. The summed E-state index contributed by atoms with van der Waals surface area (Å²) < 4.78 is 1.96. The maximum atomic E-state index is 13.4. The van der Waals surface area contributed by atoms with Crippen molar-refractivity contribution in [1.29, 1.82) is 0 Å². The van der Waals surface area contributed by atoms with E-state index in [1.165, 1.54) is 18.4 Å². The van der Waals surface area contributed by atoms with Gasteiger partial charge in [-0.2, -0.15) is 16.3 Å².